The van der Waals surface area contributed by atoms with Crippen molar-refractivity contribution in [3.8, 4) is 11.5 Å². The highest BCUT2D eigenvalue weighted by molar-refractivity contribution is 8.33. The highest BCUT2D eigenvalue weighted by Crippen LogP contribution is 2.72. The average molecular weight is 471 g/mol. The molecule has 0 unspecified atom stereocenters. The van der Waals surface area contributed by atoms with Crippen molar-refractivity contribution in [3.05, 3.63) is 109 Å². The van der Waals surface area contributed by atoms with Crippen LogP contribution in [0.25, 0.3) is 0 Å². The Morgan fingerprint density at radius 2 is 1.19 bits per heavy atom. The van der Waals surface area contributed by atoms with Crippen LogP contribution in [0.3, 0.4) is 0 Å². The van der Waals surface area contributed by atoms with Crippen molar-refractivity contribution in [2.75, 3.05) is 0 Å². The van der Waals surface area contributed by atoms with Gasteiger partial charge in [-0.2, -0.15) is 8.42 Å². The summed E-state index contributed by atoms with van der Waals surface area (Å²) in [5.41, 5.74) is 0. The van der Waals surface area contributed by atoms with E-state index in [9.17, 15) is 23.0 Å². The molecular weight excluding hydrogens is 451 g/mol. The Bertz CT molecular complexity index is 1290. The molecule has 0 spiro atoms. The van der Waals surface area contributed by atoms with Crippen LogP contribution in [-0.2, 0) is 13.7 Å². The monoisotopic (exact) mass is 470 g/mol. The van der Waals surface area contributed by atoms with Crippen LogP contribution in [-0.4, -0.2) is 18.6 Å². The van der Waals surface area contributed by atoms with Gasteiger partial charge >= 0.3 is 10.1 Å². The second-order valence-corrected chi connectivity index (χ2v) is 11.2. The van der Waals surface area contributed by atoms with Crippen molar-refractivity contribution >= 4 is 20.4 Å². The number of phenols is 2. The van der Waals surface area contributed by atoms with E-state index >= 15 is 0 Å². The summed E-state index contributed by atoms with van der Waals surface area (Å²) >= 11 is 0. The van der Waals surface area contributed by atoms with Gasteiger partial charge in [-0.25, -0.2) is 8.02 Å². The lowest BCUT2D eigenvalue weighted by molar-refractivity contribution is 0.439. The van der Waals surface area contributed by atoms with Crippen molar-refractivity contribution in [1.29, 1.82) is 0 Å². The third kappa shape index (κ3) is 4.08. The fourth-order valence-electron chi connectivity index (χ4n) is 3.25. The first-order valence-corrected chi connectivity index (χ1v) is 12.5. The van der Waals surface area contributed by atoms with E-state index in [-0.39, 0.29) is 21.3 Å². The molecule has 0 saturated carbocycles. The Balaban J connectivity index is 2.04. The minimum absolute atomic E-state index is 0.179. The molecule has 32 heavy (non-hydrogen) atoms. The number of hydrogen-bond acceptors (Lipinski definition) is 5. The summed E-state index contributed by atoms with van der Waals surface area (Å²) in [5.74, 6) is -1.08. The SMILES string of the molecule is O=S(=O)(OS(c1ccccc1)(c1ccccc1)c1ccc(O)cc1O)c1ccc(F)cc1. The summed E-state index contributed by atoms with van der Waals surface area (Å²) in [7, 11) is -7.45. The lowest BCUT2D eigenvalue weighted by atomic mass is 10.3. The topological polar surface area (TPSA) is 83.8 Å². The predicted molar refractivity (Wildman–Crippen MR) is 120 cm³/mol. The Morgan fingerprint density at radius 3 is 1.69 bits per heavy atom. The van der Waals surface area contributed by atoms with Crippen LogP contribution >= 0.6 is 10.3 Å². The maximum atomic E-state index is 13.4. The Labute approximate surface area is 187 Å². The third-order valence-corrected chi connectivity index (χ3v) is 9.92. The highest BCUT2D eigenvalue weighted by Gasteiger charge is 2.40. The van der Waals surface area contributed by atoms with Crippen molar-refractivity contribution in [1.82, 2.24) is 0 Å². The fourth-order valence-corrected chi connectivity index (χ4v) is 8.51. The van der Waals surface area contributed by atoms with Crippen LogP contribution in [0.4, 0.5) is 4.39 Å². The van der Waals surface area contributed by atoms with Gasteiger partial charge in [-0.15, -0.1) is 0 Å². The van der Waals surface area contributed by atoms with Crippen LogP contribution in [0.5, 0.6) is 11.5 Å². The molecule has 4 aromatic carbocycles. The predicted octanol–water partition coefficient (Wildman–Crippen LogP) is 5.84. The zero-order valence-corrected chi connectivity index (χ0v) is 18.3. The first-order valence-electron chi connectivity index (χ1n) is 9.50. The lowest BCUT2D eigenvalue weighted by Crippen LogP contribution is -2.14. The number of phenolic OH excluding ortho intramolecular Hbond substituents is 2. The fraction of sp³-hybridized carbons (Fsp3) is 0. The average Bonchev–Trinajstić information content (AvgIpc) is 2.79. The molecule has 0 aliphatic carbocycles. The van der Waals surface area contributed by atoms with Gasteiger partial charge in [-0.1, -0.05) is 36.4 Å². The van der Waals surface area contributed by atoms with E-state index in [4.69, 9.17) is 3.63 Å². The van der Waals surface area contributed by atoms with Crippen LogP contribution in [0.1, 0.15) is 0 Å². The summed E-state index contributed by atoms with van der Waals surface area (Å²) in [6.45, 7) is 0. The van der Waals surface area contributed by atoms with Crippen LogP contribution in [0.2, 0.25) is 0 Å². The molecule has 0 aromatic heterocycles. The normalized spacial score (nSPS) is 12.4. The molecule has 0 atom stereocenters. The molecule has 0 fully saturated rings. The molecule has 0 aliphatic rings. The zero-order chi connectivity index (χ0) is 22.8. The van der Waals surface area contributed by atoms with Gasteiger partial charge in [0.1, 0.15) is 17.3 Å². The van der Waals surface area contributed by atoms with Gasteiger partial charge in [0.25, 0.3) is 0 Å². The van der Waals surface area contributed by atoms with Crippen molar-refractivity contribution in [2.45, 2.75) is 19.6 Å². The number of aromatic hydroxyl groups is 2. The highest BCUT2D eigenvalue weighted by atomic mass is 32.3. The van der Waals surface area contributed by atoms with Crippen molar-refractivity contribution < 1.29 is 26.7 Å². The Morgan fingerprint density at radius 1 is 0.656 bits per heavy atom. The number of hydrogen-bond donors (Lipinski definition) is 2. The number of halogens is 1. The van der Waals surface area contributed by atoms with E-state index in [0.717, 1.165) is 30.3 Å². The van der Waals surface area contributed by atoms with Gasteiger partial charge in [-0.3, -0.25) is 0 Å². The second-order valence-electron chi connectivity index (χ2n) is 6.81. The number of benzene rings is 4. The molecule has 4 aromatic rings. The van der Waals surface area contributed by atoms with E-state index in [1.165, 1.54) is 12.1 Å². The molecule has 2 N–H and O–H groups in total. The largest absolute Gasteiger partial charge is 0.508 e. The van der Waals surface area contributed by atoms with Crippen LogP contribution in [0, 0.1) is 5.82 Å². The minimum atomic E-state index is -4.41. The van der Waals surface area contributed by atoms with Gasteiger partial charge < -0.3 is 10.2 Å². The Hall–Kier alpha value is -3.33. The summed E-state index contributed by atoms with van der Waals surface area (Å²) in [6.07, 6.45) is 0. The molecule has 0 radical (unpaired) electrons. The lowest BCUT2D eigenvalue weighted by Gasteiger charge is -2.39. The minimum Gasteiger partial charge on any atom is -0.508 e. The first kappa shape index (κ1) is 21.9. The summed E-state index contributed by atoms with van der Waals surface area (Å²) in [6, 6.07) is 25.7. The first-order chi connectivity index (χ1) is 15.3. The van der Waals surface area contributed by atoms with E-state index in [1.54, 1.807) is 60.7 Å². The molecule has 4 rings (SSSR count). The van der Waals surface area contributed by atoms with Gasteiger partial charge in [-0.05, 0) is 71.0 Å². The van der Waals surface area contributed by atoms with Gasteiger partial charge in [0.15, 0.2) is 0 Å². The van der Waals surface area contributed by atoms with E-state index < -0.39 is 26.2 Å². The van der Waals surface area contributed by atoms with Gasteiger partial charge in [0.2, 0.25) is 0 Å². The third-order valence-electron chi connectivity index (χ3n) is 4.70. The second kappa shape index (κ2) is 8.66. The van der Waals surface area contributed by atoms with Crippen molar-refractivity contribution in [3.63, 3.8) is 0 Å². The quantitative estimate of drug-likeness (QED) is 0.370. The van der Waals surface area contributed by atoms with E-state index in [2.05, 4.69) is 0 Å². The number of rotatable bonds is 6. The van der Waals surface area contributed by atoms with E-state index in [0.29, 0.717) is 9.79 Å². The summed E-state index contributed by atoms with van der Waals surface area (Å²) in [4.78, 5) is 0.995. The standard InChI is InChI=1S/C24H19FO5S2/c25-18-11-14-22(15-12-18)32(28,29)30-31(20-7-3-1-4-8-20,21-9-5-2-6-10-21)24-16-13-19(26)17-23(24)27/h1-17,26-27H. The van der Waals surface area contributed by atoms with Gasteiger partial charge in [0, 0.05) is 15.9 Å². The van der Waals surface area contributed by atoms with Crippen LogP contribution in [0.15, 0.2) is 123 Å². The Kier molecular flexibility index (Phi) is 5.92. The molecular formula is C24H19FO5S2. The summed E-state index contributed by atoms with van der Waals surface area (Å²) < 4.78 is 46.2. The molecule has 5 nitrogen and oxygen atoms in total. The molecule has 0 saturated heterocycles. The summed E-state index contributed by atoms with van der Waals surface area (Å²) in [5, 5.41) is 20.6. The molecule has 0 amide bonds. The smallest absolute Gasteiger partial charge is 0.307 e. The van der Waals surface area contributed by atoms with E-state index in [1.807, 2.05) is 0 Å². The molecule has 0 heterocycles. The van der Waals surface area contributed by atoms with Gasteiger partial charge in [0.05, 0.1) is 9.79 Å². The molecule has 8 heteroatoms. The molecule has 0 aliphatic heterocycles. The zero-order valence-electron chi connectivity index (χ0n) is 16.6. The van der Waals surface area contributed by atoms with Crippen molar-refractivity contribution in [2.24, 2.45) is 0 Å². The van der Waals surface area contributed by atoms with Crippen LogP contribution < -0.4 is 0 Å². The maximum absolute atomic E-state index is 13.4. The molecule has 0 bridgehead atoms. The molecule has 164 valence electrons. The maximum Gasteiger partial charge on any atom is 0.307 e.